The zero-order valence-electron chi connectivity index (χ0n) is 13.7. The minimum Gasteiger partial charge on any atom is -0.318 e. The molecule has 3 nitrogen and oxygen atoms in total. The van der Waals surface area contributed by atoms with Gasteiger partial charge >= 0.3 is 0 Å². The Kier molecular flexibility index (Phi) is 5.26. The van der Waals surface area contributed by atoms with E-state index >= 15 is 0 Å². The van der Waals surface area contributed by atoms with Gasteiger partial charge in [-0.05, 0) is 60.0 Å². The van der Waals surface area contributed by atoms with Crippen molar-refractivity contribution in [2.45, 2.75) is 39.4 Å². The fourth-order valence-electron chi connectivity index (χ4n) is 2.74. The number of hydrogen-bond acceptors (Lipinski definition) is 3. The molecule has 23 heavy (non-hydrogen) atoms. The number of nitrogens with zero attached hydrogens (tertiary/aromatic N) is 3. The molecule has 0 N–H and O–H groups in total. The highest BCUT2D eigenvalue weighted by molar-refractivity contribution is 7.07. The lowest BCUT2D eigenvalue weighted by molar-refractivity contribution is 0.183. The summed E-state index contributed by atoms with van der Waals surface area (Å²) in [6.45, 7) is 6.50. The molecule has 0 bridgehead atoms. The lowest BCUT2D eigenvalue weighted by Crippen LogP contribution is -2.32. The first kappa shape index (κ1) is 16.0. The quantitative estimate of drug-likeness (QED) is 0.626. The summed E-state index contributed by atoms with van der Waals surface area (Å²) in [5.41, 5.74) is 3.82. The summed E-state index contributed by atoms with van der Waals surface area (Å²) >= 11 is 1.77. The number of thiophene rings is 1. The zero-order valence-corrected chi connectivity index (χ0v) is 14.5. The second kappa shape index (κ2) is 7.57. The van der Waals surface area contributed by atoms with E-state index in [0.29, 0.717) is 6.04 Å². The second-order valence-electron chi connectivity index (χ2n) is 5.87. The monoisotopic (exact) mass is 325 g/mol. The molecule has 1 unspecified atom stereocenters. The smallest absolute Gasteiger partial charge is 0.0636 e. The minimum absolute atomic E-state index is 0.548. The van der Waals surface area contributed by atoms with Crippen molar-refractivity contribution < 1.29 is 0 Å². The van der Waals surface area contributed by atoms with Crippen molar-refractivity contribution in [3.8, 4) is 5.69 Å². The summed E-state index contributed by atoms with van der Waals surface area (Å²) in [5, 5.41) is 4.40. The van der Waals surface area contributed by atoms with Crippen LogP contribution in [-0.2, 0) is 13.1 Å². The molecule has 4 heteroatoms. The van der Waals surface area contributed by atoms with Crippen molar-refractivity contribution in [1.82, 2.24) is 14.5 Å². The average molecular weight is 325 g/mol. The Hall–Kier alpha value is -1.91. The molecule has 3 rings (SSSR count). The molecule has 0 fully saturated rings. The molecule has 3 aromatic rings. The van der Waals surface area contributed by atoms with Gasteiger partial charge in [-0.25, -0.2) is 0 Å². The minimum atomic E-state index is 0.548. The molecule has 3 heterocycles. The summed E-state index contributed by atoms with van der Waals surface area (Å²) < 4.78 is 2.23. The van der Waals surface area contributed by atoms with E-state index in [1.54, 1.807) is 11.3 Å². The Morgan fingerprint density at radius 2 is 2.13 bits per heavy atom. The van der Waals surface area contributed by atoms with Gasteiger partial charge in [0, 0.05) is 37.2 Å². The van der Waals surface area contributed by atoms with Crippen LogP contribution in [0.25, 0.3) is 5.69 Å². The third-order valence-electron chi connectivity index (χ3n) is 4.30. The normalized spacial score (nSPS) is 12.7. The SMILES string of the molecule is CCC(C)N(Cc1ccsc1)Cc1cccn1-c1cccnc1. The molecule has 0 saturated carbocycles. The van der Waals surface area contributed by atoms with Crippen LogP contribution in [0.2, 0.25) is 0 Å². The molecule has 0 saturated heterocycles. The molecule has 1 atom stereocenters. The fraction of sp³-hybridized carbons (Fsp3) is 0.316. The van der Waals surface area contributed by atoms with E-state index in [-0.39, 0.29) is 0 Å². The van der Waals surface area contributed by atoms with E-state index in [1.807, 2.05) is 18.5 Å². The molecule has 0 aliphatic heterocycles. The predicted octanol–water partition coefficient (Wildman–Crippen LogP) is 4.73. The van der Waals surface area contributed by atoms with E-state index in [1.165, 1.54) is 11.3 Å². The third-order valence-corrected chi connectivity index (χ3v) is 5.03. The molecule has 0 aliphatic rings. The Morgan fingerprint density at radius 1 is 1.22 bits per heavy atom. The predicted molar refractivity (Wildman–Crippen MR) is 96.9 cm³/mol. The first-order valence-corrected chi connectivity index (χ1v) is 9.04. The molecule has 3 aromatic heterocycles. The average Bonchev–Trinajstić information content (AvgIpc) is 3.26. The lowest BCUT2D eigenvalue weighted by atomic mass is 10.2. The van der Waals surface area contributed by atoms with Gasteiger partial charge in [-0.1, -0.05) is 6.92 Å². The maximum atomic E-state index is 4.24. The maximum absolute atomic E-state index is 4.24. The number of aromatic nitrogens is 2. The van der Waals surface area contributed by atoms with Crippen molar-refractivity contribution in [2.75, 3.05) is 0 Å². The van der Waals surface area contributed by atoms with Crippen LogP contribution >= 0.6 is 11.3 Å². The van der Waals surface area contributed by atoms with Crippen molar-refractivity contribution in [3.63, 3.8) is 0 Å². The van der Waals surface area contributed by atoms with Crippen LogP contribution in [0.4, 0.5) is 0 Å². The maximum Gasteiger partial charge on any atom is 0.0636 e. The molecular weight excluding hydrogens is 302 g/mol. The third kappa shape index (κ3) is 3.89. The second-order valence-corrected chi connectivity index (χ2v) is 6.65. The number of hydrogen-bond donors (Lipinski definition) is 0. The lowest BCUT2D eigenvalue weighted by Gasteiger charge is -2.28. The first-order valence-electron chi connectivity index (χ1n) is 8.09. The van der Waals surface area contributed by atoms with E-state index in [4.69, 9.17) is 0 Å². The fourth-order valence-corrected chi connectivity index (χ4v) is 3.40. The van der Waals surface area contributed by atoms with E-state index < -0.39 is 0 Å². The van der Waals surface area contributed by atoms with Gasteiger partial charge in [0.15, 0.2) is 0 Å². The van der Waals surface area contributed by atoms with Crippen molar-refractivity contribution in [1.29, 1.82) is 0 Å². The van der Waals surface area contributed by atoms with Gasteiger partial charge < -0.3 is 4.57 Å². The summed E-state index contributed by atoms with van der Waals surface area (Å²) in [6, 6.07) is 11.2. The van der Waals surface area contributed by atoms with Gasteiger partial charge in [0.05, 0.1) is 11.9 Å². The van der Waals surface area contributed by atoms with Crippen LogP contribution in [0.3, 0.4) is 0 Å². The van der Waals surface area contributed by atoms with Crippen molar-refractivity contribution in [2.24, 2.45) is 0 Å². The van der Waals surface area contributed by atoms with Crippen LogP contribution in [0.5, 0.6) is 0 Å². The molecule has 120 valence electrons. The largest absolute Gasteiger partial charge is 0.318 e. The first-order chi connectivity index (χ1) is 11.3. The highest BCUT2D eigenvalue weighted by atomic mass is 32.1. The molecule has 0 amide bonds. The van der Waals surface area contributed by atoms with E-state index in [2.05, 4.69) is 69.5 Å². The summed E-state index contributed by atoms with van der Waals surface area (Å²) in [7, 11) is 0. The Morgan fingerprint density at radius 3 is 2.83 bits per heavy atom. The highest BCUT2D eigenvalue weighted by Crippen LogP contribution is 2.19. The van der Waals surface area contributed by atoms with Crippen molar-refractivity contribution in [3.05, 3.63) is 70.9 Å². The highest BCUT2D eigenvalue weighted by Gasteiger charge is 2.15. The Bertz CT molecular complexity index is 703. The summed E-state index contributed by atoms with van der Waals surface area (Å²) in [6.07, 6.45) is 6.99. The van der Waals surface area contributed by atoms with Crippen LogP contribution in [0.15, 0.2) is 59.7 Å². The zero-order chi connectivity index (χ0) is 16.1. The molecule has 0 radical (unpaired) electrons. The molecule has 0 spiro atoms. The number of rotatable bonds is 7. The Balaban J connectivity index is 1.82. The van der Waals surface area contributed by atoms with Crippen LogP contribution in [0, 0.1) is 0 Å². The van der Waals surface area contributed by atoms with Gasteiger partial charge in [0.25, 0.3) is 0 Å². The van der Waals surface area contributed by atoms with Crippen LogP contribution < -0.4 is 0 Å². The standard InChI is InChI=1S/C19H23N3S/c1-3-16(2)21(13-17-8-11-23-15-17)14-19-7-5-10-22(19)18-6-4-9-20-12-18/h4-12,15-16H,3,13-14H2,1-2H3. The topological polar surface area (TPSA) is 21.1 Å². The Labute approximate surface area is 142 Å². The van der Waals surface area contributed by atoms with Gasteiger partial charge in [0.2, 0.25) is 0 Å². The van der Waals surface area contributed by atoms with Gasteiger partial charge in [-0.3, -0.25) is 9.88 Å². The summed E-state index contributed by atoms with van der Waals surface area (Å²) in [5.74, 6) is 0. The van der Waals surface area contributed by atoms with Crippen LogP contribution in [0.1, 0.15) is 31.5 Å². The molecule has 0 aliphatic carbocycles. The van der Waals surface area contributed by atoms with E-state index in [9.17, 15) is 0 Å². The van der Waals surface area contributed by atoms with Crippen molar-refractivity contribution >= 4 is 11.3 Å². The van der Waals surface area contributed by atoms with E-state index in [0.717, 1.165) is 25.2 Å². The van der Waals surface area contributed by atoms with Gasteiger partial charge in [-0.15, -0.1) is 0 Å². The molecular formula is C19H23N3S. The number of pyridine rings is 1. The van der Waals surface area contributed by atoms with Gasteiger partial charge in [-0.2, -0.15) is 11.3 Å². The molecule has 0 aromatic carbocycles. The van der Waals surface area contributed by atoms with Crippen LogP contribution in [-0.4, -0.2) is 20.5 Å². The summed E-state index contributed by atoms with van der Waals surface area (Å²) in [4.78, 5) is 6.79. The van der Waals surface area contributed by atoms with Gasteiger partial charge in [0.1, 0.15) is 0 Å².